The van der Waals surface area contributed by atoms with Crippen molar-refractivity contribution in [3.63, 3.8) is 0 Å². The van der Waals surface area contributed by atoms with Crippen molar-refractivity contribution in [3.8, 4) is 0 Å². The molecule has 7 heteroatoms. The van der Waals surface area contributed by atoms with Crippen molar-refractivity contribution >= 4 is 21.4 Å². The van der Waals surface area contributed by atoms with Gasteiger partial charge >= 0.3 is 0 Å². The van der Waals surface area contributed by atoms with Crippen LogP contribution in [0.4, 0.5) is 11.4 Å². The molecule has 0 N–H and O–H groups in total. The zero-order valence-electron chi connectivity index (χ0n) is 11.6. The summed E-state index contributed by atoms with van der Waals surface area (Å²) < 4.78 is 26.5. The van der Waals surface area contributed by atoms with Crippen molar-refractivity contribution < 1.29 is 13.3 Å². The molecule has 2 rings (SSSR count). The molecular weight excluding hydrogens is 304 g/mol. The average molecular weight is 318 g/mol. The van der Waals surface area contributed by atoms with Gasteiger partial charge in [0.2, 0.25) is 0 Å². The first-order valence-corrected chi connectivity index (χ1v) is 7.84. The number of hydrogen-bond acceptors (Lipinski definition) is 4. The van der Waals surface area contributed by atoms with Crippen molar-refractivity contribution in [2.75, 3.05) is 10.8 Å². The third-order valence-electron chi connectivity index (χ3n) is 2.95. The fraction of sp³-hybridized carbons (Fsp3) is 0.0667. The minimum atomic E-state index is -3.82. The van der Waals surface area contributed by atoms with E-state index in [1.807, 2.05) is 0 Å². The minimum Gasteiger partial charge on any atom is -0.262 e. The van der Waals surface area contributed by atoms with Crippen molar-refractivity contribution in [3.05, 3.63) is 77.4 Å². The molecule has 0 aliphatic rings. The van der Waals surface area contributed by atoms with Gasteiger partial charge in [0.1, 0.15) is 0 Å². The molecule has 0 atom stereocenters. The second-order valence-corrected chi connectivity index (χ2v) is 6.28. The molecule has 0 saturated heterocycles. The lowest BCUT2D eigenvalue weighted by molar-refractivity contribution is -0.384. The standard InChI is InChI=1S/C15H14N2O4S/c1-2-11-16(13-7-6-8-14(12-13)17(18)19)22(20,21)15-9-4-3-5-10-15/h2-10,12H,1,11H2. The monoisotopic (exact) mass is 318 g/mol. The minimum absolute atomic E-state index is 0.0123. The van der Waals surface area contributed by atoms with E-state index in [9.17, 15) is 18.5 Å². The predicted octanol–water partition coefficient (Wildman–Crippen LogP) is 2.98. The van der Waals surface area contributed by atoms with Gasteiger partial charge in [-0.25, -0.2) is 8.42 Å². The van der Waals surface area contributed by atoms with E-state index < -0.39 is 14.9 Å². The van der Waals surface area contributed by atoms with Crippen molar-refractivity contribution in [2.24, 2.45) is 0 Å². The SMILES string of the molecule is C=CCN(c1cccc([N+](=O)[O-])c1)S(=O)(=O)c1ccccc1. The summed E-state index contributed by atoms with van der Waals surface area (Å²) in [6.07, 6.45) is 1.43. The van der Waals surface area contributed by atoms with Crippen molar-refractivity contribution in [2.45, 2.75) is 4.90 Å². The van der Waals surface area contributed by atoms with E-state index in [0.29, 0.717) is 0 Å². The largest absolute Gasteiger partial charge is 0.271 e. The van der Waals surface area contributed by atoms with E-state index >= 15 is 0 Å². The predicted molar refractivity (Wildman–Crippen MR) is 84.3 cm³/mol. The molecule has 0 fully saturated rings. The van der Waals surface area contributed by atoms with E-state index in [-0.39, 0.29) is 22.8 Å². The zero-order valence-corrected chi connectivity index (χ0v) is 12.4. The van der Waals surface area contributed by atoms with Gasteiger partial charge in [-0.3, -0.25) is 14.4 Å². The Morgan fingerprint density at radius 3 is 2.41 bits per heavy atom. The van der Waals surface area contributed by atoms with Gasteiger partial charge in [0.05, 0.1) is 22.1 Å². The van der Waals surface area contributed by atoms with E-state index in [1.54, 1.807) is 18.2 Å². The van der Waals surface area contributed by atoms with Crippen LogP contribution in [0.5, 0.6) is 0 Å². The van der Waals surface area contributed by atoms with Gasteiger partial charge in [-0.1, -0.05) is 30.3 Å². The number of sulfonamides is 1. The van der Waals surface area contributed by atoms with Crippen LogP contribution in [-0.2, 0) is 10.0 Å². The van der Waals surface area contributed by atoms with Gasteiger partial charge in [-0.2, -0.15) is 0 Å². The summed E-state index contributed by atoms with van der Waals surface area (Å²) in [7, 11) is -3.82. The molecule has 0 bridgehead atoms. The number of nitro groups is 1. The summed E-state index contributed by atoms with van der Waals surface area (Å²) in [4.78, 5) is 10.4. The Labute approximate surface area is 128 Å². The highest BCUT2D eigenvalue weighted by atomic mass is 32.2. The number of nitro benzene ring substituents is 1. The lowest BCUT2D eigenvalue weighted by atomic mass is 10.3. The summed E-state index contributed by atoms with van der Waals surface area (Å²) >= 11 is 0. The molecule has 0 amide bonds. The summed E-state index contributed by atoms with van der Waals surface area (Å²) in [5, 5.41) is 10.9. The van der Waals surface area contributed by atoms with Gasteiger partial charge in [0.15, 0.2) is 0 Å². The number of hydrogen-bond donors (Lipinski definition) is 0. The molecule has 2 aromatic carbocycles. The van der Waals surface area contributed by atoms with Gasteiger partial charge in [0, 0.05) is 12.1 Å². The number of rotatable bonds is 6. The number of benzene rings is 2. The fourth-order valence-electron chi connectivity index (χ4n) is 1.94. The summed E-state index contributed by atoms with van der Waals surface area (Å²) in [5.41, 5.74) is 0.0489. The maximum atomic E-state index is 12.7. The van der Waals surface area contributed by atoms with Crippen LogP contribution in [0.15, 0.2) is 72.1 Å². The lowest BCUT2D eigenvalue weighted by Crippen LogP contribution is -2.31. The molecule has 0 unspecified atom stereocenters. The molecule has 114 valence electrons. The quantitative estimate of drug-likeness (QED) is 0.466. The first-order valence-electron chi connectivity index (χ1n) is 6.40. The van der Waals surface area contributed by atoms with Crippen LogP contribution >= 0.6 is 0 Å². The zero-order chi connectivity index (χ0) is 16.2. The Morgan fingerprint density at radius 1 is 1.14 bits per heavy atom. The number of non-ortho nitro benzene ring substituents is 1. The number of anilines is 1. The Morgan fingerprint density at radius 2 is 1.82 bits per heavy atom. The third-order valence-corrected chi connectivity index (χ3v) is 4.76. The van der Waals surface area contributed by atoms with Crippen LogP contribution in [-0.4, -0.2) is 19.9 Å². The molecule has 0 heterocycles. The number of nitrogens with zero attached hydrogens (tertiary/aromatic N) is 2. The third kappa shape index (κ3) is 3.15. The molecule has 6 nitrogen and oxygen atoms in total. The van der Waals surface area contributed by atoms with E-state index in [1.165, 1.54) is 42.5 Å². The smallest absolute Gasteiger partial charge is 0.262 e. The Bertz CT molecular complexity index is 788. The molecule has 2 aromatic rings. The van der Waals surface area contributed by atoms with Crippen LogP contribution in [0.25, 0.3) is 0 Å². The summed E-state index contributed by atoms with van der Waals surface area (Å²) in [5.74, 6) is 0. The Hall–Kier alpha value is -2.67. The highest BCUT2D eigenvalue weighted by Crippen LogP contribution is 2.26. The van der Waals surface area contributed by atoms with Crippen LogP contribution in [0, 0.1) is 10.1 Å². The Balaban J connectivity index is 2.53. The van der Waals surface area contributed by atoms with Gasteiger partial charge < -0.3 is 0 Å². The van der Waals surface area contributed by atoms with E-state index in [0.717, 1.165) is 4.31 Å². The average Bonchev–Trinajstić information content (AvgIpc) is 2.53. The van der Waals surface area contributed by atoms with Crippen LogP contribution < -0.4 is 4.31 Å². The molecule has 0 radical (unpaired) electrons. The summed E-state index contributed by atoms with van der Waals surface area (Å²) in [6, 6.07) is 13.4. The molecule has 0 aliphatic carbocycles. The normalized spacial score (nSPS) is 10.9. The van der Waals surface area contributed by atoms with Crippen LogP contribution in [0.1, 0.15) is 0 Å². The van der Waals surface area contributed by atoms with E-state index in [4.69, 9.17) is 0 Å². The molecule has 0 spiro atoms. The lowest BCUT2D eigenvalue weighted by Gasteiger charge is -2.22. The topological polar surface area (TPSA) is 80.5 Å². The van der Waals surface area contributed by atoms with Crippen LogP contribution in [0.2, 0.25) is 0 Å². The Kier molecular flexibility index (Phi) is 4.57. The molecule has 0 aromatic heterocycles. The maximum Gasteiger partial charge on any atom is 0.271 e. The first kappa shape index (κ1) is 15.7. The second kappa shape index (κ2) is 6.40. The molecule has 22 heavy (non-hydrogen) atoms. The van der Waals surface area contributed by atoms with Gasteiger partial charge in [-0.15, -0.1) is 6.58 Å². The van der Waals surface area contributed by atoms with E-state index in [2.05, 4.69) is 6.58 Å². The van der Waals surface area contributed by atoms with Gasteiger partial charge in [-0.05, 0) is 18.2 Å². The summed E-state index contributed by atoms with van der Waals surface area (Å²) in [6.45, 7) is 3.56. The first-order chi connectivity index (χ1) is 10.5. The molecule has 0 aliphatic heterocycles. The molecule has 0 saturated carbocycles. The maximum absolute atomic E-state index is 12.7. The van der Waals surface area contributed by atoms with Gasteiger partial charge in [0.25, 0.3) is 15.7 Å². The van der Waals surface area contributed by atoms with Crippen molar-refractivity contribution in [1.82, 2.24) is 0 Å². The van der Waals surface area contributed by atoms with Crippen LogP contribution in [0.3, 0.4) is 0 Å². The second-order valence-electron chi connectivity index (χ2n) is 4.41. The van der Waals surface area contributed by atoms with Crippen molar-refractivity contribution in [1.29, 1.82) is 0 Å². The highest BCUT2D eigenvalue weighted by Gasteiger charge is 2.24. The highest BCUT2D eigenvalue weighted by molar-refractivity contribution is 7.92. The molecular formula is C15H14N2O4S. The fourth-order valence-corrected chi connectivity index (χ4v) is 3.39.